The van der Waals surface area contributed by atoms with Gasteiger partial charge in [0.25, 0.3) is 11.8 Å². The lowest BCUT2D eigenvalue weighted by molar-refractivity contribution is -0.121. The first-order chi connectivity index (χ1) is 16.4. The van der Waals surface area contributed by atoms with E-state index in [0.29, 0.717) is 40.1 Å². The standard InChI is InChI=1S/C25H23ClN2O6/c1-2-10-27-25(31)23-9-7-19(34-23)13-28-20-11-16(6-8-22(20)33-15-24(28)30)21(29)14-32-18-5-3-4-17(26)12-18/h3-9,11-12H,2,10,13-15H2,1H3,(H,27,31). The van der Waals surface area contributed by atoms with Gasteiger partial charge in [-0.25, -0.2) is 0 Å². The highest BCUT2D eigenvalue weighted by Gasteiger charge is 2.28. The summed E-state index contributed by atoms with van der Waals surface area (Å²) in [5.74, 6) is 0.689. The number of amides is 2. The number of carbonyl (C=O) groups excluding carboxylic acids is 3. The summed E-state index contributed by atoms with van der Waals surface area (Å²) in [4.78, 5) is 38.9. The predicted molar refractivity (Wildman–Crippen MR) is 126 cm³/mol. The molecule has 2 aromatic carbocycles. The third kappa shape index (κ3) is 5.40. The van der Waals surface area contributed by atoms with E-state index < -0.39 is 0 Å². The SMILES string of the molecule is CCCNC(=O)c1ccc(CN2C(=O)COc3ccc(C(=O)COc4cccc(Cl)c4)cc32)o1. The molecule has 2 heterocycles. The van der Waals surface area contributed by atoms with Gasteiger partial charge in [0.15, 0.2) is 24.8 Å². The smallest absolute Gasteiger partial charge is 0.286 e. The number of Topliss-reactive ketones (excluding diaryl/α,β-unsaturated/α-hetero) is 1. The number of rotatable bonds is 9. The molecule has 8 nitrogen and oxygen atoms in total. The average Bonchev–Trinajstić information content (AvgIpc) is 3.31. The second kappa shape index (κ2) is 10.4. The lowest BCUT2D eigenvalue weighted by Crippen LogP contribution is -2.38. The Kier molecular flexibility index (Phi) is 7.18. The molecule has 0 saturated heterocycles. The zero-order valence-corrected chi connectivity index (χ0v) is 19.3. The Hall–Kier alpha value is -3.78. The molecule has 1 aromatic heterocycles. The highest BCUT2D eigenvalue weighted by Crippen LogP contribution is 2.34. The van der Waals surface area contributed by atoms with Crippen LogP contribution in [-0.2, 0) is 11.3 Å². The molecule has 0 spiro atoms. The molecule has 1 aliphatic heterocycles. The van der Waals surface area contributed by atoms with Gasteiger partial charge in [-0.2, -0.15) is 0 Å². The van der Waals surface area contributed by atoms with Gasteiger partial charge in [0, 0.05) is 17.1 Å². The number of anilines is 1. The third-order valence-corrected chi connectivity index (χ3v) is 5.36. The largest absolute Gasteiger partial charge is 0.485 e. The van der Waals surface area contributed by atoms with Crippen molar-refractivity contribution in [3.63, 3.8) is 0 Å². The van der Waals surface area contributed by atoms with Crippen molar-refractivity contribution in [3.05, 3.63) is 76.7 Å². The summed E-state index contributed by atoms with van der Waals surface area (Å²) in [5, 5.41) is 3.26. The molecule has 2 amide bonds. The number of nitrogens with zero attached hydrogens (tertiary/aromatic N) is 1. The molecule has 4 rings (SSSR count). The second-order valence-electron chi connectivity index (χ2n) is 7.64. The quantitative estimate of drug-likeness (QED) is 0.457. The molecule has 1 aliphatic rings. The fourth-order valence-electron chi connectivity index (χ4n) is 3.40. The topological polar surface area (TPSA) is 98.1 Å². The van der Waals surface area contributed by atoms with Crippen molar-refractivity contribution < 1.29 is 28.3 Å². The number of furan rings is 1. The number of carbonyl (C=O) groups is 3. The molecular formula is C25H23ClN2O6. The summed E-state index contributed by atoms with van der Waals surface area (Å²) in [7, 11) is 0. The first-order valence-electron chi connectivity index (χ1n) is 10.8. The zero-order chi connectivity index (χ0) is 24.1. The van der Waals surface area contributed by atoms with E-state index in [1.165, 1.54) is 4.90 Å². The van der Waals surface area contributed by atoms with Gasteiger partial charge in [0.1, 0.15) is 17.3 Å². The first-order valence-corrected chi connectivity index (χ1v) is 11.2. The van der Waals surface area contributed by atoms with Gasteiger partial charge in [0.05, 0.1) is 12.2 Å². The molecular weight excluding hydrogens is 460 g/mol. The Morgan fingerprint density at radius 1 is 1.15 bits per heavy atom. The van der Waals surface area contributed by atoms with Crippen molar-refractivity contribution in [1.29, 1.82) is 0 Å². The van der Waals surface area contributed by atoms with Crippen LogP contribution in [0.1, 0.15) is 40.0 Å². The number of halogens is 1. The van der Waals surface area contributed by atoms with E-state index in [4.69, 9.17) is 25.5 Å². The maximum atomic E-state index is 12.7. The van der Waals surface area contributed by atoms with Crippen LogP contribution in [0.25, 0.3) is 0 Å². The molecule has 176 valence electrons. The number of benzene rings is 2. The van der Waals surface area contributed by atoms with Crippen LogP contribution >= 0.6 is 11.6 Å². The Bertz CT molecular complexity index is 1220. The zero-order valence-electron chi connectivity index (χ0n) is 18.5. The van der Waals surface area contributed by atoms with Crippen molar-refractivity contribution in [3.8, 4) is 11.5 Å². The molecule has 34 heavy (non-hydrogen) atoms. The maximum Gasteiger partial charge on any atom is 0.286 e. The fraction of sp³-hybridized carbons (Fsp3) is 0.240. The summed E-state index contributed by atoms with van der Waals surface area (Å²) in [5.41, 5.74) is 0.807. The van der Waals surface area contributed by atoms with E-state index >= 15 is 0 Å². The van der Waals surface area contributed by atoms with Crippen LogP contribution in [0.4, 0.5) is 5.69 Å². The molecule has 0 aliphatic carbocycles. The molecule has 9 heteroatoms. The number of fused-ring (bicyclic) bond motifs is 1. The average molecular weight is 483 g/mol. The summed E-state index contributed by atoms with van der Waals surface area (Å²) >= 11 is 5.95. The monoisotopic (exact) mass is 482 g/mol. The third-order valence-electron chi connectivity index (χ3n) is 5.12. The summed E-state index contributed by atoms with van der Waals surface area (Å²) < 4.78 is 16.7. The Labute approximate surface area is 201 Å². The molecule has 0 unspecified atom stereocenters. The van der Waals surface area contributed by atoms with Gasteiger partial charge in [0.2, 0.25) is 0 Å². The predicted octanol–water partition coefficient (Wildman–Crippen LogP) is 4.26. The van der Waals surface area contributed by atoms with Crippen molar-refractivity contribution >= 4 is 34.9 Å². The maximum absolute atomic E-state index is 12.7. The lowest BCUT2D eigenvalue weighted by Gasteiger charge is -2.29. The Balaban J connectivity index is 1.49. The molecule has 0 fully saturated rings. The van der Waals surface area contributed by atoms with Gasteiger partial charge in [-0.1, -0.05) is 24.6 Å². The number of nitrogens with one attached hydrogen (secondary N) is 1. The summed E-state index contributed by atoms with van der Waals surface area (Å²) in [6, 6.07) is 14.9. The number of hydrogen-bond donors (Lipinski definition) is 1. The van der Waals surface area contributed by atoms with Crippen LogP contribution in [-0.4, -0.2) is 37.4 Å². The van der Waals surface area contributed by atoms with E-state index in [1.54, 1.807) is 54.6 Å². The van der Waals surface area contributed by atoms with Gasteiger partial charge in [-0.15, -0.1) is 0 Å². The van der Waals surface area contributed by atoms with E-state index in [1.807, 2.05) is 6.92 Å². The molecule has 0 radical (unpaired) electrons. The van der Waals surface area contributed by atoms with Crippen molar-refractivity contribution in [2.45, 2.75) is 19.9 Å². The highest BCUT2D eigenvalue weighted by molar-refractivity contribution is 6.30. The van der Waals surface area contributed by atoms with Gasteiger partial charge in [-0.3, -0.25) is 19.3 Å². The van der Waals surface area contributed by atoms with Crippen LogP contribution < -0.4 is 19.7 Å². The summed E-state index contributed by atoms with van der Waals surface area (Å²) in [6.07, 6.45) is 0.809. The molecule has 0 atom stereocenters. The van der Waals surface area contributed by atoms with Crippen molar-refractivity contribution in [2.24, 2.45) is 0 Å². The second-order valence-corrected chi connectivity index (χ2v) is 8.08. The minimum Gasteiger partial charge on any atom is -0.485 e. The summed E-state index contributed by atoms with van der Waals surface area (Å²) in [6.45, 7) is 2.26. The first kappa shape index (κ1) is 23.4. The number of hydrogen-bond acceptors (Lipinski definition) is 6. The minimum absolute atomic E-state index is 0.0902. The highest BCUT2D eigenvalue weighted by atomic mass is 35.5. The van der Waals surface area contributed by atoms with Crippen LogP contribution in [0.15, 0.2) is 59.0 Å². The lowest BCUT2D eigenvalue weighted by atomic mass is 10.1. The molecule has 1 N–H and O–H groups in total. The Morgan fingerprint density at radius 2 is 2.00 bits per heavy atom. The van der Waals surface area contributed by atoms with Gasteiger partial charge >= 0.3 is 0 Å². The Morgan fingerprint density at radius 3 is 2.79 bits per heavy atom. The van der Waals surface area contributed by atoms with Gasteiger partial charge < -0.3 is 19.2 Å². The van der Waals surface area contributed by atoms with Crippen LogP contribution in [0.5, 0.6) is 11.5 Å². The number of ketones is 1. The molecule has 3 aromatic rings. The van der Waals surface area contributed by atoms with Gasteiger partial charge in [-0.05, 0) is 55.0 Å². The van der Waals surface area contributed by atoms with Crippen LogP contribution in [0.3, 0.4) is 0 Å². The van der Waals surface area contributed by atoms with E-state index in [9.17, 15) is 14.4 Å². The van der Waals surface area contributed by atoms with Crippen LogP contribution in [0.2, 0.25) is 5.02 Å². The van der Waals surface area contributed by atoms with E-state index in [2.05, 4.69) is 5.32 Å². The number of ether oxygens (including phenoxy) is 2. The normalized spacial score (nSPS) is 12.6. The molecule has 0 saturated carbocycles. The van der Waals surface area contributed by atoms with Crippen LogP contribution in [0, 0.1) is 0 Å². The van der Waals surface area contributed by atoms with E-state index in [0.717, 1.165) is 6.42 Å². The van der Waals surface area contributed by atoms with Crippen molar-refractivity contribution in [1.82, 2.24) is 5.32 Å². The molecule has 0 bridgehead atoms. The van der Waals surface area contributed by atoms with E-state index in [-0.39, 0.29) is 43.1 Å². The minimum atomic E-state index is -0.311. The van der Waals surface area contributed by atoms with Crippen molar-refractivity contribution in [2.75, 3.05) is 24.7 Å². The fourth-order valence-corrected chi connectivity index (χ4v) is 3.58.